The zero-order valence-electron chi connectivity index (χ0n) is 9.84. The van der Waals surface area contributed by atoms with E-state index in [2.05, 4.69) is 15.9 Å². The van der Waals surface area contributed by atoms with Gasteiger partial charge < -0.3 is 5.73 Å². The molecule has 0 aliphatic carbocycles. The Hall–Kier alpha value is -0.970. The number of halogens is 4. The lowest BCUT2D eigenvalue weighted by Gasteiger charge is -2.14. The third kappa shape index (κ3) is 3.32. The second-order valence-electron chi connectivity index (χ2n) is 4.20. The Morgan fingerprint density at radius 1 is 1.16 bits per heavy atom. The molecule has 0 saturated heterocycles. The Labute approximate surface area is 123 Å². The van der Waals surface area contributed by atoms with Crippen LogP contribution in [-0.2, 0) is 6.42 Å². The van der Waals surface area contributed by atoms with Crippen molar-refractivity contribution in [2.24, 2.45) is 5.73 Å². The molecule has 0 bridgehead atoms. The van der Waals surface area contributed by atoms with Gasteiger partial charge in [0.1, 0.15) is 0 Å². The maximum atomic E-state index is 13.1. The molecule has 0 aliphatic heterocycles. The third-order valence-electron chi connectivity index (χ3n) is 2.82. The highest BCUT2D eigenvalue weighted by atomic mass is 79.9. The van der Waals surface area contributed by atoms with Crippen LogP contribution in [0.4, 0.5) is 8.78 Å². The molecule has 2 rings (SSSR count). The molecule has 2 aromatic carbocycles. The summed E-state index contributed by atoms with van der Waals surface area (Å²) in [4.78, 5) is 0. The molecular formula is C14H11BrClF2N. The first-order valence-electron chi connectivity index (χ1n) is 5.62. The molecule has 0 saturated carbocycles. The fourth-order valence-corrected chi connectivity index (χ4v) is 2.49. The van der Waals surface area contributed by atoms with Gasteiger partial charge >= 0.3 is 0 Å². The van der Waals surface area contributed by atoms with E-state index in [4.69, 9.17) is 17.3 Å². The van der Waals surface area contributed by atoms with Gasteiger partial charge in [0, 0.05) is 10.5 Å². The normalized spacial score (nSPS) is 12.5. The topological polar surface area (TPSA) is 26.0 Å². The number of nitrogens with two attached hydrogens (primary N) is 1. The molecule has 0 aromatic heterocycles. The monoisotopic (exact) mass is 345 g/mol. The Morgan fingerprint density at radius 2 is 1.89 bits per heavy atom. The Morgan fingerprint density at radius 3 is 2.58 bits per heavy atom. The summed E-state index contributed by atoms with van der Waals surface area (Å²) in [6.07, 6.45) is 0.382. The fraction of sp³-hybridized carbons (Fsp3) is 0.143. The van der Waals surface area contributed by atoms with Crippen molar-refractivity contribution in [2.45, 2.75) is 12.5 Å². The molecule has 2 N–H and O–H groups in total. The number of rotatable bonds is 3. The number of hydrogen-bond acceptors (Lipinski definition) is 1. The molecular weight excluding hydrogens is 336 g/mol. The molecule has 19 heavy (non-hydrogen) atoms. The summed E-state index contributed by atoms with van der Waals surface area (Å²) in [5.41, 5.74) is 7.46. The van der Waals surface area contributed by atoms with E-state index in [0.29, 0.717) is 17.0 Å². The van der Waals surface area contributed by atoms with Gasteiger partial charge in [-0.3, -0.25) is 0 Å². The second kappa shape index (κ2) is 5.99. The maximum Gasteiger partial charge on any atom is 0.159 e. The standard InChI is InChI=1S/C14H11BrClF2N/c15-10-3-1-2-9(14(10)16)13(19)7-8-4-5-11(17)12(18)6-8/h1-6,13H,7,19H2. The lowest BCUT2D eigenvalue weighted by Crippen LogP contribution is -2.14. The van der Waals surface area contributed by atoms with Gasteiger partial charge in [-0.05, 0) is 51.7 Å². The lowest BCUT2D eigenvalue weighted by molar-refractivity contribution is 0.506. The highest BCUT2D eigenvalue weighted by molar-refractivity contribution is 9.10. The summed E-state index contributed by atoms with van der Waals surface area (Å²) in [5.74, 6) is -1.73. The van der Waals surface area contributed by atoms with Crippen molar-refractivity contribution in [3.63, 3.8) is 0 Å². The van der Waals surface area contributed by atoms with Crippen molar-refractivity contribution in [3.05, 3.63) is 68.7 Å². The summed E-state index contributed by atoms with van der Waals surface area (Å²) in [6, 6.07) is 8.85. The van der Waals surface area contributed by atoms with Crippen molar-refractivity contribution < 1.29 is 8.78 Å². The van der Waals surface area contributed by atoms with Crippen molar-refractivity contribution in [3.8, 4) is 0 Å². The van der Waals surface area contributed by atoms with E-state index < -0.39 is 11.6 Å². The predicted octanol–water partition coefficient (Wildman–Crippen LogP) is 4.62. The molecule has 0 amide bonds. The lowest BCUT2D eigenvalue weighted by atomic mass is 9.99. The molecule has 1 nitrogen and oxygen atoms in total. The Kier molecular flexibility index (Phi) is 4.55. The predicted molar refractivity (Wildman–Crippen MR) is 76.1 cm³/mol. The van der Waals surface area contributed by atoms with Crippen LogP contribution in [-0.4, -0.2) is 0 Å². The first kappa shape index (κ1) is 14.4. The summed E-state index contributed by atoms with van der Waals surface area (Å²) >= 11 is 9.47. The fourth-order valence-electron chi connectivity index (χ4n) is 1.84. The average Bonchev–Trinajstić information content (AvgIpc) is 2.37. The minimum atomic E-state index is -0.870. The highest BCUT2D eigenvalue weighted by Gasteiger charge is 2.13. The molecule has 0 radical (unpaired) electrons. The zero-order chi connectivity index (χ0) is 14.0. The van der Waals surface area contributed by atoms with E-state index in [1.54, 1.807) is 0 Å². The second-order valence-corrected chi connectivity index (χ2v) is 5.43. The molecule has 0 spiro atoms. The quantitative estimate of drug-likeness (QED) is 0.862. The van der Waals surface area contributed by atoms with Crippen molar-refractivity contribution in [1.29, 1.82) is 0 Å². The first-order chi connectivity index (χ1) is 8.99. The summed E-state index contributed by atoms with van der Waals surface area (Å²) in [7, 11) is 0. The van der Waals surface area contributed by atoms with Gasteiger partial charge in [0.05, 0.1) is 5.02 Å². The van der Waals surface area contributed by atoms with Gasteiger partial charge in [-0.15, -0.1) is 0 Å². The molecule has 1 unspecified atom stereocenters. The number of hydrogen-bond donors (Lipinski definition) is 1. The van der Waals surface area contributed by atoms with Gasteiger partial charge in [0.25, 0.3) is 0 Å². The van der Waals surface area contributed by atoms with Gasteiger partial charge in [0.2, 0.25) is 0 Å². The smallest absolute Gasteiger partial charge is 0.159 e. The van der Waals surface area contributed by atoms with Crippen LogP contribution in [0.2, 0.25) is 5.02 Å². The molecule has 100 valence electrons. The van der Waals surface area contributed by atoms with E-state index in [1.165, 1.54) is 6.07 Å². The molecule has 1 atom stereocenters. The summed E-state index contributed by atoms with van der Waals surface area (Å²) in [6.45, 7) is 0. The van der Waals surface area contributed by atoms with E-state index >= 15 is 0 Å². The zero-order valence-corrected chi connectivity index (χ0v) is 12.2. The van der Waals surface area contributed by atoms with Crippen LogP contribution in [0.25, 0.3) is 0 Å². The van der Waals surface area contributed by atoms with Gasteiger partial charge in [-0.2, -0.15) is 0 Å². The van der Waals surface area contributed by atoms with Gasteiger partial charge in [-0.25, -0.2) is 8.78 Å². The minimum absolute atomic E-state index is 0.380. The summed E-state index contributed by atoms with van der Waals surface area (Å²) in [5, 5.41) is 0.539. The molecule has 0 fully saturated rings. The van der Waals surface area contributed by atoms with E-state index in [1.807, 2.05) is 18.2 Å². The van der Waals surface area contributed by atoms with Crippen LogP contribution in [0, 0.1) is 11.6 Å². The molecule has 5 heteroatoms. The van der Waals surface area contributed by atoms with Gasteiger partial charge in [0.15, 0.2) is 11.6 Å². The van der Waals surface area contributed by atoms with Crippen LogP contribution in [0.5, 0.6) is 0 Å². The van der Waals surface area contributed by atoms with Crippen LogP contribution in [0.1, 0.15) is 17.2 Å². The van der Waals surface area contributed by atoms with Crippen molar-refractivity contribution >= 4 is 27.5 Å². The van der Waals surface area contributed by atoms with Gasteiger partial charge in [-0.1, -0.05) is 29.8 Å². The van der Waals surface area contributed by atoms with E-state index in [9.17, 15) is 8.78 Å². The highest BCUT2D eigenvalue weighted by Crippen LogP contribution is 2.30. The minimum Gasteiger partial charge on any atom is -0.324 e. The molecule has 0 heterocycles. The van der Waals surface area contributed by atoms with E-state index in [-0.39, 0.29) is 6.04 Å². The van der Waals surface area contributed by atoms with Crippen molar-refractivity contribution in [1.82, 2.24) is 0 Å². The Balaban J connectivity index is 2.23. The van der Waals surface area contributed by atoms with Crippen LogP contribution in [0.15, 0.2) is 40.9 Å². The third-order valence-corrected chi connectivity index (χ3v) is 4.13. The van der Waals surface area contributed by atoms with E-state index in [0.717, 1.165) is 22.2 Å². The van der Waals surface area contributed by atoms with Crippen LogP contribution >= 0.6 is 27.5 Å². The Bertz CT molecular complexity index is 604. The SMILES string of the molecule is NC(Cc1ccc(F)c(F)c1)c1cccc(Br)c1Cl. The largest absolute Gasteiger partial charge is 0.324 e. The maximum absolute atomic E-state index is 13.1. The average molecular weight is 347 g/mol. The summed E-state index contributed by atoms with van der Waals surface area (Å²) < 4.78 is 26.7. The molecule has 2 aromatic rings. The van der Waals surface area contributed by atoms with Crippen LogP contribution in [0.3, 0.4) is 0 Å². The molecule has 0 aliphatic rings. The van der Waals surface area contributed by atoms with Crippen LogP contribution < -0.4 is 5.73 Å². The first-order valence-corrected chi connectivity index (χ1v) is 6.79. The van der Waals surface area contributed by atoms with Crippen molar-refractivity contribution in [2.75, 3.05) is 0 Å². The number of benzene rings is 2.